The minimum absolute atomic E-state index is 0.773. The van der Waals surface area contributed by atoms with E-state index in [4.69, 9.17) is 5.73 Å². The maximum Gasteiger partial charge on any atom is 0.0932 e. The molecule has 2 N–H and O–H groups in total. The van der Waals surface area contributed by atoms with E-state index in [9.17, 15) is 0 Å². The topological polar surface area (TPSA) is 38.9 Å². The van der Waals surface area contributed by atoms with E-state index >= 15 is 0 Å². The van der Waals surface area contributed by atoms with Gasteiger partial charge in [0, 0.05) is 14.5 Å². The molecule has 0 spiro atoms. The lowest BCUT2D eigenvalue weighted by atomic mass is 10.2. The number of thiazole rings is 1. The van der Waals surface area contributed by atoms with Gasteiger partial charge in [-0.25, -0.2) is 4.98 Å². The molecule has 0 bridgehead atoms. The number of aromatic nitrogens is 1. The van der Waals surface area contributed by atoms with Gasteiger partial charge in [0.2, 0.25) is 0 Å². The molecule has 0 atom stereocenters. The van der Waals surface area contributed by atoms with Crippen LogP contribution in [0, 0.1) is 3.57 Å². The molecule has 1 heterocycles. The maximum atomic E-state index is 5.49. The van der Waals surface area contributed by atoms with Gasteiger partial charge in [-0.3, -0.25) is 0 Å². The van der Waals surface area contributed by atoms with Crippen LogP contribution in [-0.4, -0.2) is 11.5 Å². The van der Waals surface area contributed by atoms with Crippen LogP contribution in [0.15, 0.2) is 29.6 Å². The number of hydrogen-bond acceptors (Lipinski definition) is 3. The number of aryl methyl sites for hydroxylation is 1. The molecule has 0 aliphatic carbocycles. The van der Waals surface area contributed by atoms with Crippen LogP contribution in [0.2, 0.25) is 0 Å². The van der Waals surface area contributed by atoms with Gasteiger partial charge in [-0.2, -0.15) is 0 Å². The Kier molecular flexibility index (Phi) is 4.94. The second kappa shape index (κ2) is 6.47. The number of nitrogens with zero attached hydrogens (tertiary/aromatic N) is 1. The third kappa shape index (κ3) is 3.76. The molecule has 0 saturated carbocycles. The van der Waals surface area contributed by atoms with Gasteiger partial charge in [-0.1, -0.05) is 12.1 Å². The zero-order valence-corrected chi connectivity index (χ0v) is 12.5. The summed E-state index contributed by atoms with van der Waals surface area (Å²) in [5.41, 5.74) is 7.78. The lowest BCUT2D eigenvalue weighted by molar-refractivity contribution is 0.742. The SMILES string of the molecule is NCCCCc1nc(-c2ccc(I)cc2)cs1. The molecule has 4 heteroatoms. The Bertz CT molecular complexity index is 465. The summed E-state index contributed by atoms with van der Waals surface area (Å²) < 4.78 is 1.25. The fraction of sp³-hybridized carbons (Fsp3) is 0.308. The molecular formula is C13H15IN2S. The standard InChI is InChI=1S/C13H15IN2S/c14-11-6-4-10(5-7-11)12-9-17-13(16-12)3-1-2-8-15/h4-7,9H,1-3,8,15H2. The molecule has 0 fully saturated rings. The number of rotatable bonds is 5. The van der Waals surface area contributed by atoms with E-state index in [1.165, 1.54) is 14.1 Å². The van der Waals surface area contributed by atoms with Crippen molar-refractivity contribution >= 4 is 33.9 Å². The van der Waals surface area contributed by atoms with E-state index in [-0.39, 0.29) is 0 Å². The average Bonchev–Trinajstić information content (AvgIpc) is 2.79. The molecule has 0 aliphatic rings. The second-order valence-corrected chi connectivity index (χ2v) is 6.07. The van der Waals surface area contributed by atoms with E-state index in [0.717, 1.165) is 31.5 Å². The smallest absolute Gasteiger partial charge is 0.0932 e. The summed E-state index contributed by atoms with van der Waals surface area (Å²) in [4.78, 5) is 4.66. The van der Waals surface area contributed by atoms with E-state index in [2.05, 4.69) is 57.2 Å². The number of unbranched alkanes of at least 4 members (excludes halogenated alkanes) is 1. The van der Waals surface area contributed by atoms with E-state index in [1.54, 1.807) is 11.3 Å². The molecular weight excluding hydrogens is 343 g/mol. The highest BCUT2D eigenvalue weighted by molar-refractivity contribution is 14.1. The van der Waals surface area contributed by atoms with Gasteiger partial charge in [0.05, 0.1) is 10.7 Å². The number of hydrogen-bond donors (Lipinski definition) is 1. The highest BCUT2D eigenvalue weighted by atomic mass is 127. The predicted molar refractivity (Wildman–Crippen MR) is 82.3 cm³/mol. The first-order valence-corrected chi connectivity index (χ1v) is 7.66. The lowest BCUT2D eigenvalue weighted by Crippen LogP contribution is -1.98. The molecule has 2 aromatic rings. The Balaban J connectivity index is 2.04. The molecule has 0 aliphatic heterocycles. The number of halogens is 1. The molecule has 1 aromatic carbocycles. The van der Waals surface area contributed by atoms with Crippen molar-refractivity contribution in [3.63, 3.8) is 0 Å². The van der Waals surface area contributed by atoms with Gasteiger partial charge in [0.25, 0.3) is 0 Å². The van der Waals surface area contributed by atoms with Gasteiger partial charge in [0.1, 0.15) is 0 Å². The minimum Gasteiger partial charge on any atom is -0.330 e. The van der Waals surface area contributed by atoms with Gasteiger partial charge in [-0.15, -0.1) is 11.3 Å². The minimum atomic E-state index is 0.773. The van der Waals surface area contributed by atoms with Crippen LogP contribution in [0.25, 0.3) is 11.3 Å². The van der Waals surface area contributed by atoms with Crippen LogP contribution < -0.4 is 5.73 Å². The van der Waals surface area contributed by atoms with Crippen LogP contribution in [-0.2, 0) is 6.42 Å². The summed E-state index contributed by atoms with van der Waals surface area (Å²) in [6, 6.07) is 8.48. The van der Waals surface area contributed by atoms with Crippen LogP contribution in [0.1, 0.15) is 17.8 Å². The fourth-order valence-electron chi connectivity index (χ4n) is 1.60. The Hall–Kier alpha value is -0.460. The quantitative estimate of drug-likeness (QED) is 0.654. The van der Waals surface area contributed by atoms with Crippen molar-refractivity contribution < 1.29 is 0 Å². The Morgan fingerprint density at radius 1 is 1.18 bits per heavy atom. The van der Waals surface area contributed by atoms with Crippen molar-refractivity contribution in [3.05, 3.63) is 38.2 Å². The van der Waals surface area contributed by atoms with Crippen molar-refractivity contribution in [1.82, 2.24) is 4.98 Å². The fourth-order valence-corrected chi connectivity index (χ4v) is 2.81. The van der Waals surface area contributed by atoms with Crippen molar-refractivity contribution in [2.75, 3.05) is 6.54 Å². The van der Waals surface area contributed by atoms with Crippen molar-refractivity contribution in [1.29, 1.82) is 0 Å². The largest absolute Gasteiger partial charge is 0.330 e. The third-order valence-corrected chi connectivity index (χ3v) is 4.16. The molecule has 0 amide bonds. The van der Waals surface area contributed by atoms with Gasteiger partial charge in [0.15, 0.2) is 0 Å². The highest BCUT2D eigenvalue weighted by Gasteiger charge is 2.04. The Morgan fingerprint density at radius 2 is 1.94 bits per heavy atom. The molecule has 0 saturated heterocycles. The average molecular weight is 358 g/mol. The van der Waals surface area contributed by atoms with Crippen molar-refractivity contribution in [3.8, 4) is 11.3 Å². The molecule has 1 aromatic heterocycles. The van der Waals surface area contributed by atoms with Crippen LogP contribution in [0.3, 0.4) is 0 Å². The second-order valence-electron chi connectivity index (χ2n) is 3.88. The van der Waals surface area contributed by atoms with E-state index in [1.807, 2.05) is 0 Å². The van der Waals surface area contributed by atoms with E-state index < -0.39 is 0 Å². The van der Waals surface area contributed by atoms with Crippen molar-refractivity contribution in [2.45, 2.75) is 19.3 Å². The zero-order valence-electron chi connectivity index (χ0n) is 9.53. The molecule has 0 unspecified atom stereocenters. The third-order valence-electron chi connectivity index (χ3n) is 2.54. The van der Waals surface area contributed by atoms with Gasteiger partial charge in [-0.05, 0) is 60.5 Å². The van der Waals surface area contributed by atoms with Crippen LogP contribution >= 0.6 is 33.9 Å². The van der Waals surface area contributed by atoms with Gasteiger partial charge >= 0.3 is 0 Å². The molecule has 2 rings (SSSR count). The van der Waals surface area contributed by atoms with Crippen LogP contribution in [0.4, 0.5) is 0 Å². The summed E-state index contributed by atoms with van der Waals surface area (Å²) in [5, 5.41) is 3.35. The summed E-state index contributed by atoms with van der Waals surface area (Å²) >= 11 is 4.06. The molecule has 17 heavy (non-hydrogen) atoms. The number of benzene rings is 1. The Morgan fingerprint density at radius 3 is 2.65 bits per heavy atom. The van der Waals surface area contributed by atoms with Crippen LogP contribution in [0.5, 0.6) is 0 Å². The Labute approximate surface area is 119 Å². The normalized spacial score (nSPS) is 10.7. The van der Waals surface area contributed by atoms with E-state index in [0.29, 0.717) is 0 Å². The molecule has 90 valence electrons. The first-order valence-electron chi connectivity index (χ1n) is 5.70. The summed E-state index contributed by atoms with van der Waals surface area (Å²) in [7, 11) is 0. The first kappa shape index (κ1) is 13.0. The molecule has 2 nitrogen and oxygen atoms in total. The highest BCUT2D eigenvalue weighted by Crippen LogP contribution is 2.23. The summed E-state index contributed by atoms with van der Waals surface area (Å²) in [6.45, 7) is 0.773. The maximum absolute atomic E-state index is 5.49. The summed E-state index contributed by atoms with van der Waals surface area (Å²) in [5.74, 6) is 0. The molecule has 0 radical (unpaired) electrons. The summed E-state index contributed by atoms with van der Waals surface area (Å²) in [6.07, 6.45) is 3.26. The zero-order chi connectivity index (χ0) is 12.1. The predicted octanol–water partition coefficient (Wildman–Crippen LogP) is 3.70. The first-order chi connectivity index (χ1) is 8.29. The lowest BCUT2D eigenvalue weighted by Gasteiger charge is -1.97. The van der Waals surface area contributed by atoms with Gasteiger partial charge < -0.3 is 5.73 Å². The number of nitrogens with two attached hydrogens (primary N) is 1. The monoisotopic (exact) mass is 358 g/mol. The van der Waals surface area contributed by atoms with Crippen molar-refractivity contribution in [2.24, 2.45) is 5.73 Å².